The molecule has 1 amide bonds. The topological polar surface area (TPSA) is 92.9 Å². The largest absolute Gasteiger partial charge is 0.507 e. The molecule has 1 aliphatic rings. The van der Waals surface area contributed by atoms with Gasteiger partial charge < -0.3 is 19.2 Å². The van der Waals surface area contributed by atoms with E-state index in [1.54, 1.807) is 61.8 Å². The van der Waals surface area contributed by atoms with Crippen molar-refractivity contribution in [2.75, 3.05) is 6.61 Å². The molecule has 3 aromatic rings. The van der Waals surface area contributed by atoms with Crippen molar-refractivity contribution in [3.8, 4) is 5.75 Å². The minimum atomic E-state index is -0.857. The van der Waals surface area contributed by atoms with Gasteiger partial charge in [-0.1, -0.05) is 18.2 Å². The van der Waals surface area contributed by atoms with Crippen LogP contribution < -0.4 is 4.74 Å². The first-order valence-corrected chi connectivity index (χ1v) is 9.96. The van der Waals surface area contributed by atoms with Crippen LogP contribution in [-0.4, -0.2) is 33.3 Å². The van der Waals surface area contributed by atoms with Crippen molar-refractivity contribution in [2.24, 2.45) is 0 Å². The van der Waals surface area contributed by atoms with Gasteiger partial charge in [0.2, 0.25) is 0 Å². The zero-order chi connectivity index (χ0) is 22.0. The molecule has 0 saturated carbocycles. The second-order valence-corrected chi connectivity index (χ2v) is 7.20. The van der Waals surface area contributed by atoms with E-state index in [0.717, 1.165) is 5.56 Å². The zero-order valence-electron chi connectivity index (χ0n) is 17.2. The maximum absolute atomic E-state index is 13.0. The Morgan fingerprint density at radius 3 is 2.71 bits per heavy atom. The van der Waals surface area contributed by atoms with Crippen LogP contribution in [0.25, 0.3) is 5.76 Å². The maximum atomic E-state index is 13.0. The van der Waals surface area contributed by atoms with Gasteiger partial charge in [-0.2, -0.15) is 0 Å². The number of carbonyl (C=O) groups is 2. The Labute approximate surface area is 179 Å². The fourth-order valence-electron chi connectivity index (χ4n) is 3.68. The van der Waals surface area contributed by atoms with E-state index in [0.29, 0.717) is 29.4 Å². The number of carbonyl (C=O) groups excluding carboxylic acids is 2. The third-order valence-electron chi connectivity index (χ3n) is 5.06. The lowest BCUT2D eigenvalue weighted by Crippen LogP contribution is -2.29. The zero-order valence-corrected chi connectivity index (χ0v) is 17.2. The number of aryl methyl sites for hydroxylation is 1. The number of aliphatic hydroxyl groups is 1. The van der Waals surface area contributed by atoms with Crippen molar-refractivity contribution in [1.82, 2.24) is 9.88 Å². The fraction of sp³-hybridized carbons (Fsp3) is 0.208. The van der Waals surface area contributed by atoms with E-state index in [1.807, 2.05) is 13.0 Å². The predicted octanol–water partition coefficient (Wildman–Crippen LogP) is 4.00. The Balaban J connectivity index is 1.83. The number of pyridine rings is 1. The van der Waals surface area contributed by atoms with E-state index in [1.165, 1.54) is 4.90 Å². The third kappa shape index (κ3) is 3.94. The minimum absolute atomic E-state index is 0.0168. The highest BCUT2D eigenvalue weighted by Crippen LogP contribution is 2.41. The first kappa shape index (κ1) is 20.4. The lowest BCUT2D eigenvalue weighted by molar-refractivity contribution is -0.140. The molecule has 0 aliphatic carbocycles. The van der Waals surface area contributed by atoms with Crippen molar-refractivity contribution < 1.29 is 23.8 Å². The summed E-state index contributed by atoms with van der Waals surface area (Å²) in [7, 11) is 0. The van der Waals surface area contributed by atoms with E-state index in [-0.39, 0.29) is 17.9 Å². The molecule has 7 nitrogen and oxygen atoms in total. The second kappa shape index (κ2) is 8.47. The van der Waals surface area contributed by atoms with Crippen LogP contribution in [0.2, 0.25) is 0 Å². The molecule has 3 heterocycles. The number of rotatable bonds is 6. The van der Waals surface area contributed by atoms with E-state index in [9.17, 15) is 14.7 Å². The van der Waals surface area contributed by atoms with Gasteiger partial charge in [0.15, 0.2) is 0 Å². The molecule has 1 atom stereocenters. The number of benzene rings is 1. The number of likely N-dealkylation sites (tertiary alicyclic amines) is 1. The van der Waals surface area contributed by atoms with Gasteiger partial charge in [0.1, 0.15) is 29.1 Å². The molecule has 2 aromatic heterocycles. The first-order valence-electron chi connectivity index (χ1n) is 9.96. The average Bonchev–Trinajstić information content (AvgIpc) is 3.31. The molecule has 31 heavy (non-hydrogen) atoms. The number of hydrogen-bond acceptors (Lipinski definition) is 6. The Morgan fingerprint density at radius 1 is 1.19 bits per heavy atom. The number of hydrogen-bond donors (Lipinski definition) is 1. The van der Waals surface area contributed by atoms with Crippen molar-refractivity contribution in [3.63, 3.8) is 0 Å². The van der Waals surface area contributed by atoms with Crippen LogP contribution in [0.4, 0.5) is 0 Å². The Bertz CT molecular complexity index is 1150. The molecular formula is C24H22N2O5. The quantitative estimate of drug-likeness (QED) is 0.369. The summed E-state index contributed by atoms with van der Waals surface area (Å²) in [5, 5.41) is 11.1. The highest BCUT2D eigenvalue weighted by atomic mass is 16.5. The molecule has 4 rings (SSSR count). The van der Waals surface area contributed by atoms with Crippen molar-refractivity contribution >= 4 is 17.4 Å². The summed E-state index contributed by atoms with van der Waals surface area (Å²) in [6.45, 7) is 4.25. The van der Waals surface area contributed by atoms with Crippen molar-refractivity contribution in [1.29, 1.82) is 0 Å². The van der Waals surface area contributed by atoms with E-state index in [2.05, 4.69) is 4.98 Å². The second-order valence-electron chi connectivity index (χ2n) is 7.20. The molecule has 7 heteroatoms. The summed E-state index contributed by atoms with van der Waals surface area (Å²) in [6.07, 6.45) is 3.27. The molecule has 1 fully saturated rings. The van der Waals surface area contributed by atoms with Gasteiger partial charge in [0.25, 0.3) is 11.7 Å². The van der Waals surface area contributed by atoms with Gasteiger partial charge in [-0.25, -0.2) is 0 Å². The molecule has 1 aliphatic heterocycles. The van der Waals surface area contributed by atoms with Gasteiger partial charge in [-0.15, -0.1) is 0 Å². The Kier molecular flexibility index (Phi) is 5.58. The lowest BCUT2D eigenvalue weighted by atomic mass is 9.99. The van der Waals surface area contributed by atoms with E-state index < -0.39 is 17.7 Å². The minimum Gasteiger partial charge on any atom is -0.507 e. The summed E-state index contributed by atoms with van der Waals surface area (Å²) in [5.41, 5.74) is 1.13. The van der Waals surface area contributed by atoms with Gasteiger partial charge in [0.05, 0.1) is 12.2 Å². The number of furan rings is 1. The summed E-state index contributed by atoms with van der Waals surface area (Å²) in [6, 6.07) is 13.0. The average molecular weight is 418 g/mol. The van der Waals surface area contributed by atoms with Crippen LogP contribution in [0.1, 0.15) is 35.6 Å². The fourth-order valence-corrected chi connectivity index (χ4v) is 3.68. The number of amides is 1. The summed E-state index contributed by atoms with van der Waals surface area (Å²) < 4.78 is 11.3. The highest BCUT2D eigenvalue weighted by Gasteiger charge is 2.47. The normalized spacial score (nSPS) is 17.9. The molecular weight excluding hydrogens is 396 g/mol. The van der Waals surface area contributed by atoms with Gasteiger partial charge >= 0.3 is 0 Å². The Hall–Kier alpha value is -3.87. The van der Waals surface area contributed by atoms with Crippen LogP contribution in [0.5, 0.6) is 5.75 Å². The number of aliphatic hydroxyl groups excluding tert-OH is 1. The van der Waals surface area contributed by atoms with Crippen LogP contribution in [0.15, 0.2) is 70.9 Å². The number of ether oxygens (including phenoxy) is 1. The molecule has 1 aromatic carbocycles. The van der Waals surface area contributed by atoms with Crippen LogP contribution in [0, 0.1) is 6.92 Å². The number of ketones is 1. The smallest absolute Gasteiger partial charge is 0.296 e. The van der Waals surface area contributed by atoms with Crippen molar-refractivity contribution in [3.05, 3.63) is 89.1 Å². The summed E-state index contributed by atoms with van der Waals surface area (Å²) in [4.78, 5) is 31.5. The molecule has 0 spiro atoms. The van der Waals surface area contributed by atoms with E-state index in [4.69, 9.17) is 9.15 Å². The van der Waals surface area contributed by atoms with Gasteiger partial charge in [-0.05, 0) is 49.7 Å². The molecule has 0 bridgehead atoms. The van der Waals surface area contributed by atoms with Crippen LogP contribution in [-0.2, 0) is 16.1 Å². The van der Waals surface area contributed by atoms with E-state index >= 15 is 0 Å². The number of nitrogens with zero attached hydrogens (tertiary/aromatic N) is 2. The first-order chi connectivity index (χ1) is 15.0. The van der Waals surface area contributed by atoms with Crippen LogP contribution >= 0.6 is 0 Å². The van der Waals surface area contributed by atoms with Crippen LogP contribution in [0.3, 0.4) is 0 Å². The number of aromatic nitrogens is 1. The van der Waals surface area contributed by atoms with Gasteiger partial charge in [0, 0.05) is 24.5 Å². The maximum Gasteiger partial charge on any atom is 0.296 e. The number of Topliss-reactive ketones (excluding diaryl/α,β-unsaturated/α-hetero) is 1. The molecule has 158 valence electrons. The predicted molar refractivity (Wildman–Crippen MR) is 113 cm³/mol. The summed E-state index contributed by atoms with van der Waals surface area (Å²) in [5.74, 6) is -0.134. The SMILES string of the molecule is CCOc1cccc(C(O)=C2C(=O)C(=O)N(Cc3cccnc3)[C@@H]2c2ccc(C)o2)c1. The highest BCUT2D eigenvalue weighted by molar-refractivity contribution is 6.46. The standard InChI is InChI=1S/C24H22N2O5/c1-3-30-18-8-4-7-17(12-18)22(27)20-21(19-10-9-15(2)31-19)26(24(29)23(20)28)14-16-6-5-11-25-13-16/h4-13,21,27H,3,14H2,1-2H3/t21-/m1/s1. The lowest BCUT2D eigenvalue weighted by Gasteiger charge is -2.23. The monoisotopic (exact) mass is 418 g/mol. The molecule has 1 saturated heterocycles. The van der Waals surface area contributed by atoms with Gasteiger partial charge in [-0.3, -0.25) is 14.6 Å². The summed E-state index contributed by atoms with van der Waals surface area (Å²) >= 11 is 0. The molecule has 0 unspecified atom stereocenters. The molecule has 0 radical (unpaired) electrons. The Morgan fingerprint density at radius 2 is 2.03 bits per heavy atom. The molecule has 1 N–H and O–H groups in total. The third-order valence-corrected chi connectivity index (χ3v) is 5.06. The van der Waals surface area contributed by atoms with Crippen molar-refractivity contribution in [2.45, 2.75) is 26.4 Å².